The van der Waals surface area contributed by atoms with E-state index in [-0.39, 0.29) is 6.03 Å². The van der Waals surface area contributed by atoms with Gasteiger partial charge in [0.1, 0.15) is 5.75 Å². The van der Waals surface area contributed by atoms with Gasteiger partial charge in [-0.05, 0) is 38.8 Å². The Labute approximate surface area is 160 Å². The van der Waals surface area contributed by atoms with Crippen molar-refractivity contribution in [3.05, 3.63) is 52.8 Å². The van der Waals surface area contributed by atoms with Gasteiger partial charge >= 0.3 is 6.03 Å². The predicted octanol–water partition coefficient (Wildman–Crippen LogP) is 2.96. The fourth-order valence-corrected chi connectivity index (χ4v) is 3.74. The van der Waals surface area contributed by atoms with Crippen LogP contribution in [0.2, 0.25) is 0 Å². The van der Waals surface area contributed by atoms with Crippen LogP contribution in [-0.4, -0.2) is 37.3 Å². The third-order valence-electron chi connectivity index (χ3n) is 5.15. The summed E-state index contributed by atoms with van der Waals surface area (Å²) < 4.78 is 5.41. The average molecular weight is 368 g/mol. The molecule has 2 heterocycles. The van der Waals surface area contributed by atoms with Crippen LogP contribution in [-0.2, 0) is 13.0 Å². The van der Waals surface area contributed by atoms with Crippen molar-refractivity contribution in [2.24, 2.45) is 0 Å². The maximum Gasteiger partial charge on any atom is 0.315 e. The molecule has 3 rings (SSSR count). The number of aryl methyl sites for hydroxylation is 1. The molecule has 27 heavy (non-hydrogen) atoms. The van der Waals surface area contributed by atoms with Crippen LogP contribution >= 0.6 is 0 Å². The molecule has 6 heteroatoms. The number of hydrogen-bond acceptors (Lipinski definition) is 4. The molecule has 0 aliphatic carbocycles. The van der Waals surface area contributed by atoms with E-state index >= 15 is 0 Å². The van der Waals surface area contributed by atoms with Gasteiger partial charge in [-0.25, -0.2) is 4.79 Å². The lowest BCUT2D eigenvalue weighted by molar-refractivity contribution is 0.240. The Kier molecular flexibility index (Phi) is 5.84. The van der Waals surface area contributed by atoms with E-state index in [1.807, 2.05) is 13.8 Å². The van der Waals surface area contributed by atoms with Crippen molar-refractivity contribution < 1.29 is 9.53 Å². The molecule has 0 spiro atoms. The number of benzene rings is 1. The Hall–Kier alpha value is -2.76. The molecule has 0 bridgehead atoms. The number of nitrogens with one attached hydrogen (secondary N) is 2. The average Bonchev–Trinajstić information content (AvgIpc) is 2.97. The van der Waals surface area contributed by atoms with Gasteiger partial charge in [-0.3, -0.25) is 4.98 Å². The van der Waals surface area contributed by atoms with E-state index in [0.29, 0.717) is 19.1 Å². The van der Waals surface area contributed by atoms with Crippen molar-refractivity contribution in [1.82, 2.24) is 15.6 Å². The lowest BCUT2D eigenvalue weighted by Crippen LogP contribution is -2.41. The standard InChI is InChI=1S/C21H28N4O2/c1-14-12-23-18(16(3)20(14)27-4)13-24-21(26)22-9-10-25-15(2)11-17-7-5-6-8-19(17)25/h5-8,12,15H,9-11,13H2,1-4H3,(H2,22,24,26)/t15-/m1/s1. The highest BCUT2D eigenvalue weighted by molar-refractivity contribution is 5.74. The smallest absolute Gasteiger partial charge is 0.315 e. The van der Waals surface area contributed by atoms with E-state index in [0.717, 1.165) is 35.5 Å². The molecule has 2 aromatic rings. The van der Waals surface area contributed by atoms with Crippen molar-refractivity contribution in [2.45, 2.75) is 39.8 Å². The molecular weight excluding hydrogens is 340 g/mol. The Balaban J connectivity index is 1.48. The first-order chi connectivity index (χ1) is 13.0. The molecule has 1 aliphatic heterocycles. The summed E-state index contributed by atoms with van der Waals surface area (Å²) in [4.78, 5) is 18.9. The first kappa shape index (κ1) is 19.0. The molecular formula is C21H28N4O2. The van der Waals surface area contributed by atoms with Crippen molar-refractivity contribution in [2.75, 3.05) is 25.1 Å². The van der Waals surface area contributed by atoms with E-state index < -0.39 is 0 Å². The highest BCUT2D eigenvalue weighted by Crippen LogP contribution is 2.31. The fraction of sp³-hybridized carbons (Fsp3) is 0.429. The Morgan fingerprint density at radius 2 is 2.07 bits per heavy atom. The minimum atomic E-state index is -0.184. The Morgan fingerprint density at radius 3 is 2.85 bits per heavy atom. The fourth-order valence-electron chi connectivity index (χ4n) is 3.74. The minimum absolute atomic E-state index is 0.184. The molecule has 6 nitrogen and oxygen atoms in total. The van der Waals surface area contributed by atoms with Crippen LogP contribution in [0.15, 0.2) is 30.5 Å². The van der Waals surface area contributed by atoms with Gasteiger partial charge in [0, 0.05) is 42.1 Å². The van der Waals surface area contributed by atoms with E-state index in [4.69, 9.17) is 4.74 Å². The topological polar surface area (TPSA) is 66.5 Å². The summed E-state index contributed by atoms with van der Waals surface area (Å²) in [5, 5.41) is 5.82. The summed E-state index contributed by atoms with van der Waals surface area (Å²) >= 11 is 0. The van der Waals surface area contributed by atoms with Gasteiger partial charge in [0.05, 0.1) is 19.3 Å². The highest BCUT2D eigenvalue weighted by atomic mass is 16.5. The number of rotatable bonds is 6. The number of fused-ring (bicyclic) bond motifs is 1. The molecule has 1 atom stereocenters. The van der Waals surface area contributed by atoms with Crippen LogP contribution in [0, 0.1) is 13.8 Å². The molecule has 0 fully saturated rings. The zero-order chi connectivity index (χ0) is 19.4. The van der Waals surface area contributed by atoms with Crippen LogP contribution in [0.1, 0.15) is 29.3 Å². The molecule has 0 radical (unpaired) electrons. The van der Waals surface area contributed by atoms with Crippen LogP contribution in [0.4, 0.5) is 10.5 Å². The van der Waals surface area contributed by atoms with Gasteiger partial charge in [-0.2, -0.15) is 0 Å². The number of amides is 2. The monoisotopic (exact) mass is 368 g/mol. The molecule has 1 aromatic heterocycles. The second-order valence-corrected chi connectivity index (χ2v) is 7.03. The van der Waals surface area contributed by atoms with Crippen molar-refractivity contribution in [3.63, 3.8) is 0 Å². The van der Waals surface area contributed by atoms with Gasteiger partial charge in [-0.15, -0.1) is 0 Å². The molecule has 144 valence electrons. The number of pyridine rings is 1. The molecule has 2 N–H and O–H groups in total. The largest absolute Gasteiger partial charge is 0.496 e. The Morgan fingerprint density at radius 1 is 1.30 bits per heavy atom. The van der Waals surface area contributed by atoms with E-state index in [1.165, 1.54) is 11.3 Å². The normalized spacial score (nSPS) is 15.4. The zero-order valence-corrected chi connectivity index (χ0v) is 16.5. The lowest BCUT2D eigenvalue weighted by Gasteiger charge is -2.25. The maximum absolute atomic E-state index is 12.2. The number of ether oxygens (including phenoxy) is 1. The van der Waals surface area contributed by atoms with Gasteiger partial charge in [-0.1, -0.05) is 18.2 Å². The van der Waals surface area contributed by atoms with Crippen LogP contribution in [0.3, 0.4) is 0 Å². The zero-order valence-electron chi connectivity index (χ0n) is 16.5. The molecule has 0 saturated carbocycles. The number of carbonyl (C=O) groups excluding carboxylic acids is 1. The van der Waals surface area contributed by atoms with Crippen molar-refractivity contribution in [3.8, 4) is 5.75 Å². The van der Waals surface area contributed by atoms with Crippen LogP contribution < -0.4 is 20.3 Å². The summed E-state index contributed by atoms with van der Waals surface area (Å²) in [6.45, 7) is 7.89. The first-order valence-electron chi connectivity index (χ1n) is 9.36. The van der Waals surface area contributed by atoms with E-state index in [2.05, 4.69) is 51.7 Å². The van der Waals surface area contributed by atoms with Crippen LogP contribution in [0.5, 0.6) is 5.75 Å². The van der Waals surface area contributed by atoms with E-state index in [1.54, 1.807) is 13.3 Å². The number of methoxy groups -OCH3 is 1. The minimum Gasteiger partial charge on any atom is -0.496 e. The molecule has 1 aromatic carbocycles. The number of carbonyl (C=O) groups is 1. The molecule has 0 saturated heterocycles. The number of urea groups is 1. The number of hydrogen-bond donors (Lipinski definition) is 2. The van der Waals surface area contributed by atoms with Crippen LogP contribution in [0.25, 0.3) is 0 Å². The quantitative estimate of drug-likeness (QED) is 0.823. The second-order valence-electron chi connectivity index (χ2n) is 7.03. The molecule has 0 unspecified atom stereocenters. The number of anilines is 1. The third-order valence-corrected chi connectivity index (χ3v) is 5.15. The highest BCUT2D eigenvalue weighted by Gasteiger charge is 2.24. The van der Waals surface area contributed by atoms with Crippen molar-refractivity contribution in [1.29, 1.82) is 0 Å². The second kappa shape index (κ2) is 8.29. The van der Waals surface area contributed by atoms with E-state index in [9.17, 15) is 4.79 Å². The van der Waals surface area contributed by atoms with Gasteiger partial charge < -0.3 is 20.3 Å². The van der Waals surface area contributed by atoms with Gasteiger partial charge in [0.25, 0.3) is 0 Å². The summed E-state index contributed by atoms with van der Waals surface area (Å²) in [6, 6.07) is 8.75. The third kappa shape index (κ3) is 4.15. The van der Waals surface area contributed by atoms with Gasteiger partial charge in [0.2, 0.25) is 0 Å². The maximum atomic E-state index is 12.2. The van der Waals surface area contributed by atoms with Crippen molar-refractivity contribution >= 4 is 11.7 Å². The lowest BCUT2D eigenvalue weighted by atomic mass is 10.1. The first-order valence-corrected chi connectivity index (χ1v) is 9.36. The summed E-state index contributed by atoms with van der Waals surface area (Å²) in [5.41, 5.74) is 5.42. The SMILES string of the molecule is COc1c(C)cnc(CNC(=O)NCCN2c3ccccc3C[C@H]2C)c1C. The number of nitrogens with zero attached hydrogens (tertiary/aromatic N) is 2. The summed E-state index contributed by atoms with van der Waals surface area (Å²) in [7, 11) is 1.65. The summed E-state index contributed by atoms with van der Waals surface area (Å²) in [6.07, 6.45) is 2.83. The molecule has 2 amide bonds. The number of aromatic nitrogens is 1. The predicted molar refractivity (Wildman–Crippen MR) is 107 cm³/mol. The number of para-hydroxylation sites is 1. The summed E-state index contributed by atoms with van der Waals surface area (Å²) in [5.74, 6) is 0.823. The molecule has 1 aliphatic rings. The Bertz CT molecular complexity index is 822. The van der Waals surface area contributed by atoms with Gasteiger partial charge in [0.15, 0.2) is 0 Å².